The van der Waals surface area contributed by atoms with E-state index in [0.29, 0.717) is 17.9 Å². The van der Waals surface area contributed by atoms with E-state index in [4.69, 9.17) is 9.26 Å². The van der Waals surface area contributed by atoms with Gasteiger partial charge in [-0.1, -0.05) is 11.2 Å². The molecule has 0 radical (unpaired) electrons. The molecule has 122 valence electrons. The Balaban J connectivity index is 1.66. The molecule has 7 heteroatoms. The number of carbonyl (C=O) groups is 2. The molecule has 0 aliphatic rings. The summed E-state index contributed by atoms with van der Waals surface area (Å²) in [5, 5.41) is 8.93. The van der Waals surface area contributed by atoms with Crippen LogP contribution in [0.4, 0.5) is 0 Å². The molecule has 0 atom stereocenters. The van der Waals surface area contributed by atoms with Crippen molar-refractivity contribution in [1.82, 2.24) is 15.8 Å². The Hall–Kier alpha value is -2.83. The Bertz CT molecular complexity index is 641. The molecule has 0 aliphatic carbocycles. The highest BCUT2D eigenvalue weighted by atomic mass is 16.5. The van der Waals surface area contributed by atoms with Gasteiger partial charge in [-0.05, 0) is 31.0 Å². The van der Waals surface area contributed by atoms with Crippen LogP contribution >= 0.6 is 0 Å². The van der Waals surface area contributed by atoms with Crippen LogP contribution < -0.4 is 15.4 Å². The Morgan fingerprint density at radius 1 is 1.30 bits per heavy atom. The van der Waals surface area contributed by atoms with E-state index in [1.165, 1.54) is 7.11 Å². The summed E-state index contributed by atoms with van der Waals surface area (Å²) in [7, 11) is 1.53. The predicted octanol–water partition coefficient (Wildman–Crippen LogP) is 1.16. The normalized spacial score (nSPS) is 10.1. The van der Waals surface area contributed by atoms with Gasteiger partial charge in [0.2, 0.25) is 5.91 Å². The minimum absolute atomic E-state index is 0.0662. The maximum atomic E-state index is 11.9. The first kappa shape index (κ1) is 16.5. The number of benzene rings is 1. The second-order valence-electron chi connectivity index (χ2n) is 4.90. The molecule has 0 saturated heterocycles. The summed E-state index contributed by atoms with van der Waals surface area (Å²) in [6.45, 7) is 0.461. The number of hydrogen-bond acceptors (Lipinski definition) is 5. The average Bonchev–Trinajstić information content (AvgIpc) is 3.10. The second kappa shape index (κ2) is 8.57. The summed E-state index contributed by atoms with van der Waals surface area (Å²) in [4.78, 5) is 23.6. The first-order chi connectivity index (χ1) is 11.2. The highest BCUT2D eigenvalue weighted by Gasteiger charge is 2.08. The minimum atomic E-state index is -0.316. The first-order valence-corrected chi connectivity index (χ1v) is 7.26. The van der Waals surface area contributed by atoms with E-state index in [9.17, 15) is 9.59 Å². The van der Waals surface area contributed by atoms with Crippen molar-refractivity contribution in [1.29, 1.82) is 0 Å². The number of aromatic nitrogens is 1. The lowest BCUT2D eigenvalue weighted by molar-refractivity contribution is -0.120. The molecule has 0 bridgehead atoms. The molecule has 2 aromatic rings. The van der Waals surface area contributed by atoms with Crippen LogP contribution in [0.2, 0.25) is 0 Å². The van der Waals surface area contributed by atoms with Gasteiger partial charge in [0.1, 0.15) is 12.0 Å². The van der Waals surface area contributed by atoms with Crippen molar-refractivity contribution in [3.05, 3.63) is 47.9 Å². The van der Waals surface area contributed by atoms with Crippen molar-refractivity contribution in [3.63, 3.8) is 0 Å². The fourth-order valence-electron chi connectivity index (χ4n) is 1.96. The molecular formula is C16H19N3O4. The van der Waals surface area contributed by atoms with E-state index >= 15 is 0 Å². The zero-order chi connectivity index (χ0) is 16.5. The summed E-state index contributed by atoms with van der Waals surface area (Å²) in [5.41, 5.74) is 1.44. The summed E-state index contributed by atoms with van der Waals surface area (Å²) in [5.74, 6) is 0.0472. The lowest BCUT2D eigenvalue weighted by Gasteiger charge is -2.07. The van der Waals surface area contributed by atoms with Crippen LogP contribution in [0.5, 0.6) is 5.75 Å². The molecule has 0 unspecified atom stereocenters. The molecule has 1 aromatic heterocycles. The number of nitrogens with zero attached hydrogens (tertiary/aromatic N) is 1. The van der Waals surface area contributed by atoms with Crippen LogP contribution in [-0.4, -0.2) is 37.2 Å². The molecule has 23 heavy (non-hydrogen) atoms. The van der Waals surface area contributed by atoms with E-state index in [1.807, 2.05) is 0 Å². The third kappa shape index (κ3) is 5.46. The predicted molar refractivity (Wildman–Crippen MR) is 83.2 cm³/mol. The average molecular weight is 317 g/mol. The van der Waals surface area contributed by atoms with E-state index in [1.54, 1.807) is 36.7 Å². The van der Waals surface area contributed by atoms with Crippen molar-refractivity contribution in [2.24, 2.45) is 0 Å². The lowest BCUT2D eigenvalue weighted by atomic mass is 10.2. The summed E-state index contributed by atoms with van der Waals surface area (Å²) in [6.07, 6.45) is 4.78. The maximum absolute atomic E-state index is 11.9. The van der Waals surface area contributed by atoms with Crippen LogP contribution in [-0.2, 0) is 11.2 Å². The molecule has 2 rings (SSSR count). The van der Waals surface area contributed by atoms with Gasteiger partial charge in [-0.3, -0.25) is 9.59 Å². The summed E-state index contributed by atoms with van der Waals surface area (Å²) >= 11 is 0. The van der Waals surface area contributed by atoms with Crippen molar-refractivity contribution in [2.75, 3.05) is 20.2 Å². The van der Waals surface area contributed by atoms with Gasteiger partial charge < -0.3 is 19.9 Å². The fourth-order valence-corrected chi connectivity index (χ4v) is 1.96. The van der Waals surface area contributed by atoms with Crippen LogP contribution in [0, 0.1) is 0 Å². The van der Waals surface area contributed by atoms with Gasteiger partial charge in [-0.15, -0.1) is 0 Å². The van der Waals surface area contributed by atoms with Gasteiger partial charge >= 0.3 is 0 Å². The number of rotatable bonds is 8. The minimum Gasteiger partial charge on any atom is -0.497 e. The van der Waals surface area contributed by atoms with Gasteiger partial charge in [0.05, 0.1) is 19.9 Å². The largest absolute Gasteiger partial charge is 0.497 e. The summed E-state index contributed by atoms with van der Waals surface area (Å²) in [6, 6.07) is 6.75. The number of aryl methyl sites for hydroxylation is 1. The van der Waals surface area contributed by atoms with E-state index < -0.39 is 0 Å². The standard InChI is InChI=1S/C16H19N3O4/c1-22-14-6-2-5-13(8-14)16(21)18-10-15(20)17-7-3-4-12-9-19-23-11-12/h2,5-6,8-9,11H,3-4,7,10H2,1H3,(H,17,20)(H,18,21). The number of ether oxygens (including phenoxy) is 1. The Morgan fingerprint density at radius 3 is 2.91 bits per heavy atom. The Morgan fingerprint density at radius 2 is 2.17 bits per heavy atom. The zero-order valence-electron chi connectivity index (χ0n) is 12.9. The number of carbonyl (C=O) groups excluding carboxylic acids is 2. The molecule has 7 nitrogen and oxygen atoms in total. The molecule has 2 amide bonds. The highest BCUT2D eigenvalue weighted by Crippen LogP contribution is 2.12. The van der Waals surface area contributed by atoms with E-state index in [-0.39, 0.29) is 18.4 Å². The van der Waals surface area contributed by atoms with Gasteiger partial charge in [-0.2, -0.15) is 0 Å². The number of nitrogens with one attached hydrogen (secondary N) is 2. The Kier molecular flexibility index (Phi) is 6.17. The van der Waals surface area contributed by atoms with Gasteiger partial charge in [0.15, 0.2) is 0 Å². The van der Waals surface area contributed by atoms with Gasteiger partial charge in [-0.25, -0.2) is 0 Å². The molecule has 0 spiro atoms. The monoisotopic (exact) mass is 317 g/mol. The first-order valence-electron chi connectivity index (χ1n) is 7.26. The fraction of sp³-hybridized carbons (Fsp3) is 0.312. The highest BCUT2D eigenvalue weighted by molar-refractivity contribution is 5.96. The third-order valence-corrected chi connectivity index (χ3v) is 3.19. The van der Waals surface area contributed by atoms with Crippen LogP contribution in [0.25, 0.3) is 0 Å². The molecule has 1 aromatic carbocycles. The van der Waals surface area contributed by atoms with Gasteiger partial charge in [0, 0.05) is 17.7 Å². The van der Waals surface area contributed by atoms with Gasteiger partial charge in [0.25, 0.3) is 5.91 Å². The molecule has 0 fully saturated rings. The SMILES string of the molecule is COc1cccc(C(=O)NCC(=O)NCCCc2cnoc2)c1. The third-order valence-electron chi connectivity index (χ3n) is 3.19. The van der Waals surface area contributed by atoms with Crippen molar-refractivity contribution in [2.45, 2.75) is 12.8 Å². The maximum Gasteiger partial charge on any atom is 0.251 e. The molecule has 0 saturated carbocycles. The van der Waals surface area contributed by atoms with Crippen molar-refractivity contribution >= 4 is 11.8 Å². The van der Waals surface area contributed by atoms with Crippen LogP contribution in [0.1, 0.15) is 22.3 Å². The molecular weight excluding hydrogens is 298 g/mol. The molecule has 0 aliphatic heterocycles. The number of amides is 2. The quantitative estimate of drug-likeness (QED) is 0.713. The smallest absolute Gasteiger partial charge is 0.251 e. The second-order valence-corrected chi connectivity index (χ2v) is 4.90. The molecule has 1 heterocycles. The van der Waals surface area contributed by atoms with Crippen LogP contribution in [0.3, 0.4) is 0 Å². The number of methoxy groups -OCH3 is 1. The summed E-state index contributed by atoms with van der Waals surface area (Å²) < 4.78 is 9.78. The number of hydrogen-bond donors (Lipinski definition) is 2. The lowest BCUT2D eigenvalue weighted by Crippen LogP contribution is -2.37. The molecule has 2 N–H and O–H groups in total. The van der Waals surface area contributed by atoms with E-state index in [0.717, 1.165) is 18.4 Å². The van der Waals surface area contributed by atoms with Crippen LogP contribution in [0.15, 0.2) is 41.2 Å². The van der Waals surface area contributed by atoms with Crippen molar-refractivity contribution < 1.29 is 18.8 Å². The van der Waals surface area contributed by atoms with Crippen molar-refractivity contribution in [3.8, 4) is 5.75 Å². The zero-order valence-corrected chi connectivity index (χ0v) is 12.9. The topological polar surface area (TPSA) is 93.5 Å². The Labute approximate surface area is 134 Å². The van der Waals surface area contributed by atoms with E-state index in [2.05, 4.69) is 15.8 Å².